The third-order valence-corrected chi connectivity index (χ3v) is 4.22. The summed E-state index contributed by atoms with van der Waals surface area (Å²) in [5.74, 6) is 0.389. The predicted molar refractivity (Wildman–Crippen MR) is 87.4 cm³/mol. The van der Waals surface area contributed by atoms with Crippen molar-refractivity contribution in [2.75, 3.05) is 11.9 Å². The summed E-state index contributed by atoms with van der Waals surface area (Å²) in [6.45, 7) is -0.419. The zero-order valence-corrected chi connectivity index (χ0v) is 13.5. The normalized spacial score (nSPS) is 26.4. The van der Waals surface area contributed by atoms with Gasteiger partial charge in [-0.2, -0.15) is 9.97 Å². The zero-order chi connectivity index (χ0) is 17.6. The Labute approximate surface area is 146 Å². The van der Waals surface area contributed by atoms with E-state index in [-0.39, 0.29) is 5.28 Å². The maximum Gasteiger partial charge on any atom is 0.226 e. The summed E-state index contributed by atoms with van der Waals surface area (Å²) < 4.78 is 6.97. The third kappa shape index (κ3) is 2.73. The minimum atomic E-state index is -1.25. The van der Waals surface area contributed by atoms with Crippen LogP contribution in [-0.4, -0.2) is 64.7 Å². The number of hydrogen-bond acceptors (Lipinski definition) is 8. The quantitative estimate of drug-likeness (QED) is 0.411. The number of aliphatic hydroxyl groups excluding tert-OH is 3. The molecule has 0 aliphatic carbocycles. The molecule has 4 rings (SSSR count). The smallest absolute Gasteiger partial charge is 0.226 e. The summed E-state index contributed by atoms with van der Waals surface area (Å²) in [6.07, 6.45) is 0.588. The molecule has 0 radical (unpaired) electrons. The van der Waals surface area contributed by atoms with E-state index in [1.165, 1.54) is 10.9 Å². The number of aliphatic hydroxyl groups is 3. The van der Waals surface area contributed by atoms with Crippen LogP contribution in [0, 0.1) is 0 Å². The van der Waals surface area contributed by atoms with E-state index < -0.39 is 31.1 Å². The van der Waals surface area contributed by atoms with Gasteiger partial charge in [0.25, 0.3) is 0 Å². The van der Waals surface area contributed by atoms with E-state index in [2.05, 4.69) is 25.3 Å². The van der Waals surface area contributed by atoms with Crippen molar-refractivity contribution < 1.29 is 20.1 Å². The van der Waals surface area contributed by atoms with Crippen LogP contribution < -0.4 is 5.32 Å². The largest absolute Gasteiger partial charge is 0.394 e. The van der Waals surface area contributed by atoms with E-state index >= 15 is 0 Å². The summed E-state index contributed by atoms with van der Waals surface area (Å²) >= 11 is 6.02. The summed E-state index contributed by atoms with van der Waals surface area (Å²) in [4.78, 5) is 15.5. The van der Waals surface area contributed by atoms with Crippen molar-refractivity contribution in [3.8, 4) is 0 Å². The second kappa shape index (κ2) is 6.24. The van der Waals surface area contributed by atoms with E-state index in [1.54, 1.807) is 12.4 Å². The maximum atomic E-state index is 10.2. The highest BCUT2D eigenvalue weighted by molar-refractivity contribution is 6.28. The van der Waals surface area contributed by atoms with Gasteiger partial charge in [0.1, 0.15) is 18.3 Å². The lowest BCUT2D eigenvalue weighted by Crippen LogP contribution is -2.33. The second-order valence-electron chi connectivity index (χ2n) is 5.62. The number of aromatic nitrogens is 5. The number of imidazole rings is 1. The molecule has 1 aliphatic rings. The molecule has 1 saturated heterocycles. The molecule has 132 valence electrons. The van der Waals surface area contributed by atoms with E-state index in [1.807, 2.05) is 6.07 Å². The van der Waals surface area contributed by atoms with E-state index in [0.717, 1.165) is 5.69 Å². The number of H-pyrrole nitrogens is 1. The van der Waals surface area contributed by atoms with Crippen molar-refractivity contribution in [1.29, 1.82) is 0 Å². The molecular formula is C14H15ClN6O4. The van der Waals surface area contributed by atoms with E-state index in [0.29, 0.717) is 17.0 Å². The molecule has 10 nitrogen and oxygen atoms in total. The minimum absolute atomic E-state index is 0.0148. The second-order valence-corrected chi connectivity index (χ2v) is 5.96. The Morgan fingerprint density at radius 3 is 2.84 bits per heavy atom. The first-order chi connectivity index (χ1) is 12.1. The molecule has 4 heterocycles. The topological polar surface area (TPSA) is 141 Å². The Balaban J connectivity index is 1.76. The molecule has 11 heteroatoms. The third-order valence-electron chi connectivity index (χ3n) is 4.05. The number of aromatic amines is 1. The van der Waals surface area contributed by atoms with Gasteiger partial charge >= 0.3 is 0 Å². The fraction of sp³-hybridized carbons (Fsp3) is 0.357. The molecule has 0 spiro atoms. The summed E-state index contributed by atoms with van der Waals surface area (Å²) in [5.41, 5.74) is 1.51. The van der Waals surface area contributed by atoms with Crippen molar-refractivity contribution in [3.63, 3.8) is 0 Å². The number of rotatable bonds is 4. The number of nitrogens with one attached hydrogen (secondary N) is 2. The highest BCUT2D eigenvalue weighted by atomic mass is 35.5. The van der Waals surface area contributed by atoms with Gasteiger partial charge in [-0.1, -0.05) is 0 Å². The number of nitrogens with zero attached hydrogens (tertiary/aromatic N) is 4. The molecule has 5 N–H and O–H groups in total. The first-order valence-corrected chi connectivity index (χ1v) is 7.88. The van der Waals surface area contributed by atoms with Gasteiger partial charge < -0.3 is 30.4 Å². The van der Waals surface area contributed by atoms with Crippen molar-refractivity contribution in [2.24, 2.45) is 0 Å². The Morgan fingerprint density at radius 2 is 2.16 bits per heavy atom. The molecule has 1 unspecified atom stereocenters. The molecule has 3 aromatic heterocycles. The van der Waals surface area contributed by atoms with Gasteiger partial charge in [-0.3, -0.25) is 4.57 Å². The Kier molecular flexibility index (Phi) is 4.06. The highest BCUT2D eigenvalue weighted by Gasteiger charge is 2.44. The SMILES string of the molecule is OCC1O[C@@H](n2cnc3c(Nc4cc[nH]c4)nc(Cl)nc32)[C@H](O)[C@H]1O. The summed E-state index contributed by atoms with van der Waals surface area (Å²) in [7, 11) is 0. The van der Waals surface area contributed by atoms with Gasteiger partial charge in [0.2, 0.25) is 5.28 Å². The van der Waals surface area contributed by atoms with E-state index in [9.17, 15) is 15.3 Å². The van der Waals surface area contributed by atoms with Gasteiger partial charge in [0.15, 0.2) is 23.2 Å². The van der Waals surface area contributed by atoms with Gasteiger partial charge in [0.05, 0.1) is 18.6 Å². The molecule has 0 bridgehead atoms. The number of ether oxygens (including phenoxy) is 1. The number of hydrogen-bond donors (Lipinski definition) is 5. The number of fused-ring (bicyclic) bond motifs is 1. The fourth-order valence-electron chi connectivity index (χ4n) is 2.81. The first kappa shape index (κ1) is 16.2. The van der Waals surface area contributed by atoms with Crippen LogP contribution in [0.4, 0.5) is 11.5 Å². The molecule has 1 aliphatic heterocycles. The first-order valence-electron chi connectivity index (χ1n) is 7.51. The van der Waals surface area contributed by atoms with Crippen LogP contribution >= 0.6 is 11.6 Å². The van der Waals surface area contributed by atoms with Crippen LogP contribution in [0.3, 0.4) is 0 Å². The minimum Gasteiger partial charge on any atom is -0.394 e. The maximum absolute atomic E-state index is 10.2. The van der Waals surface area contributed by atoms with Gasteiger partial charge in [-0.25, -0.2) is 4.98 Å². The molecule has 0 amide bonds. The summed E-state index contributed by atoms with van der Waals surface area (Å²) in [6, 6.07) is 1.81. The van der Waals surface area contributed by atoms with Crippen LogP contribution in [0.5, 0.6) is 0 Å². The average molecular weight is 367 g/mol. The van der Waals surface area contributed by atoms with Crippen LogP contribution in [0.15, 0.2) is 24.8 Å². The molecular weight excluding hydrogens is 352 g/mol. The Morgan fingerprint density at radius 1 is 1.32 bits per heavy atom. The van der Waals surface area contributed by atoms with Crippen molar-refractivity contribution in [3.05, 3.63) is 30.1 Å². The molecule has 0 saturated carbocycles. The lowest BCUT2D eigenvalue weighted by molar-refractivity contribution is -0.0511. The average Bonchev–Trinajstić information content (AvgIpc) is 3.29. The lowest BCUT2D eigenvalue weighted by Gasteiger charge is -2.16. The van der Waals surface area contributed by atoms with Crippen LogP contribution in [0.2, 0.25) is 5.28 Å². The van der Waals surface area contributed by atoms with Gasteiger partial charge in [0, 0.05) is 12.4 Å². The predicted octanol–water partition coefficient (Wildman–Crippen LogP) is 0.163. The molecule has 3 aromatic rings. The number of halogens is 1. The van der Waals surface area contributed by atoms with Crippen molar-refractivity contribution in [2.45, 2.75) is 24.5 Å². The molecule has 1 fully saturated rings. The Hall–Kier alpha value is -2.24. The Bertz CT molecular complexity index is 885. The monoisotopic (exact) mass is 366 g/mol. The standard InChI is InChI=1S/C14H15ClN6O4/c15-14-19-11(18-6-1-2-16-3-6)8-12(20-14)21(5-17-8)13-10(24)9(23)7(4-22)25-13/h1-3,5,7,9-10,13,16,22-24H,4H2,(H,18,19,20)/t7?,9-,10+,13+/m0/s1. The van der Waals surface area contributed by atoms with Gasteiger partial charge in [-0.15, -0.1) is 0 Å². The fourth-order valence-corrected chi connectivity index (χ4v) is 2.98. The molecule has 25 heavy (non-hydrogen) atoms. The summed E-state index contributed by atoms with van der Waals surface area (Å²) in [5, 5.41) is 32.4. The van der Waals surface area contributed by atoms with Crippen molar-refractivity contribution >= 4 is 34.3 Å². The number of anilines is 2. The highest BCUT2D eigenvalue weighted by Crippen LogP contribution is 2.33. The molecule has 4 atom stereocenters. The van der Waals surface area contributed by atoms with Crippen LogP contribution in [0.1, 0.15) is 6.23 Å². The van der Waals surface area contributed by atoms with Crippen LogP contribution in [-0.2, 0) is 4.74 Å². The molecule has 0 aromatic carbocycles. The van der Waals surface area contributed by atoms with Gasteiger partial charge in [-0.05, 0) is 17.7 Å². The van der Waals surface area contributed by atoms with Crippen molar-refractivity contribution in [1.82, 2.24) is 24.5 Å². The zero-order valence-electron chi connectivity index (χ0n) is 12.7. The van der Waals surface area contributed by atoms with Crippen LogP contribution in [0.25, 0.3) is 11.2 Å². The lowest BCUT2D eigenvalue weighted by atomic mass is 10.1. The van der Waals surface area contributed by atoms with E-state index in [4.69, 9.17) is 16.3 Å².